The molecule has 1 aliphatic heterocycles. The van der Waals surface area contributed by atoms with Crippen LogP contribution in [-0.2, 0) is 6.42 Å². The van der Waals surface area contributed by atoms with Gasteiger partial charge in [0, 0.05) is 12.4 Å². The zero-order chi connectivity index (χ0) is 18.8. The van der Waals surface area contributed by atoms with Gasteiger partial charge >= 0.3 is 5.97 Å². The molecule has 0 amide bonds. The van der Waals surface area contributed by atoms with Gasteiger partial charge in [-0.3, -0.25) is 4.98 Å². The SMILES string of the molecule is CC1=C(c2ccc3c(c2)OCCC3CCc2cnccc2C(=O)O)C=CC1. The van der Waals surface area contributed by atoms with Gasteiger partial charge in [0.1, 0.15) is 5.75 Å². The minimum atomic E-state index is -0.891. The number of allylic oxidation sites excluding steroid dienone is 4. The fourth-order valence-electron chi connectivity index (χ4n) is 4.04. The molecule has 1 N–H and O–H groups in total. The van der Waals surface area contributed by atoms with E-state index in [2.05, 4.69) is 42.3 Å². The average Bonchev–Trinajstić information content (AvgIpc) is 3.12. The second kappa shape index (κ2) is 7.39. The highest BCUT2D eigenvalue weighted by atomic mass is 16.5. The number of benzene rings is 1. The Kier molecular flexibility index (Phi) is 4.80. The molecular formula is C23H23NO3. The molecule has 1 aromatic carbocycles. The van der Waals surface area contributed by atoms with E-state index in [-0.39, 0.29) is 0 Å². The lowest BCUT2D eigenvalue weighted by Crippen LogP contribution is -2.15. The summed E-state index contributed by atoms with van der Waals surface area (Å²) in [6.07, 6.45) is 11.2. The Morgan fingerprint density at radius 2 is 2.22 bits per heavy atom. The third-order valence-corrected chi connectivity index (χ3v) is 5.55. The molecular weight excluding hydrogens is 338 g/mol. The highest BCUT2D eigenvalue weighted by Crippen LogP contribution is 2.39. The Morgan fingerprint density at radius 1 is 1.33 bits per heavy atom. The minimum absolute atomic E-state index is 0.350. The summed E-state index contributed by atoms with van der Waals surface area (Å²) in [7, 11) is 0. The second-order valence-electron chi connectivity index (χ2n) is 7.26. The van der Waals surface area contributed by atoms with E-state index in [4.69, 9.17) is 4.74 Å². The van der Waals surface area contributed by atoms with Crippen molar-refractivity contribution in [3.63, 3.8) is 0 Å². The van der Waals surface area contributed by atoms with E-state index < -0.39 is 5.97 Å². The van der Waals surface area contributed by atoms with Crippen molar-refractivity contribution >= 4 is 11.5 Å². The Morgan fingerprint density at radius 3 is 3.00 bits per heavy atom. The number of ether oxygens (including phenoxy) is 1. The van der Waals surface area contributed by atoms with E-state index in [0.29, 0.717) is 24.5 Å². The zero-order valence-corrected chi connectivity index (χ0v) is 15.4. The lowest BCUT2D eigenvalue weighted by atomic mass is 9.86. The van der Waals surface area contributed by atoms with Crippen LogP contribution in [0.5, 0.6) is 5.75 Å². The van der Waals surface area contributed by atoms with Crippen molar-refractivity contribution in [2.45, 2.75) is 38.5 Å². The molecule has 0 radical (unpaired) electrons. The summed E-state index contributed by atoms with van der Waals surface area (Å²) in [5, 5.41) is 9.36. The Balaban J connectivity index is 1.55. The largest absolute Gasteiger partial charge is 0.493 e. The number of carboxylic acids is 1. The first-order chi connectivity index (χ1) is 13.1. The number of hydrogen-bond acceptors (Lipinski definition) is 3. The normalized spacial score (nSPS) is 18.3. The maximum absolute atomic E-state index is 11.4. The van der Waals surface area contributed by atoms with Crippen molar-refractivity contribution in [3.05, 3.63) is 76.6 Å². The van der Waals surface area contributed by atoms with E-state index in [1.165, 1.54) is 28.5 Å². The molecule has 1 aliphatic carbocycles. The molecule has 1 aromatic heterocycles. The molecule has 0 bridgehead atoms. The van der Waals surface area contributed by atoms with Crippen molar-refractivity contribution < 1.29 is 14.6 Å². The van der Waals surface area contributed by atoms with Crippen LogP contribution in [0.2, 0.25) is 0 Å². The first-order valence-electron chi connectivity index (χ1n) is 9.43. The third-order valence-electron chi connectivity index (χ3n) is 5.55. The maximum atomic E-state index is 11.4. The van der Waals surface area contributed by atoms with E-state index in [0.717, 1.165) is 30.6 Å². The molecule has 4 rings (SSSR count). The predicted molar refractivity (Wildman–Crippen MR) is 105 cm³/mol. The van der Waals surface area contributed by atoms with Crippen LogP contribution in [-0.4, -0.2) is 22.7 Å². The lowest BCUT2D eigenvalue weighted by Gasteiger charge is -2.27. The first kappa shape index (κ1) is 17.5. The summed E-state index contributed by atoms with van der Waals surface area (Å²) in [6, 6.07) is 8.10. The van der Waals surface area contributed by atoms with Gasteiger partial charge in [0.2, 0.25) is 0 Å². The molecule has 2 heterocycles. The van der Waals surface area contributed by atoms with Crippen LogP contribution < -0.4 is 4.74 Å². The second-order valence-corrected chi connectivity index (χ2v) is 7.26. The first-order valence-corrected chi connectivity index (χ1v) is 9.43. The number of hydrogen-bond donors (Lipinski definition) is 1. The Hall–Kier alpha value is -2.88. The van der Waals surface area contributed by atoms with Crippen LogP contribution in [0, 0.1) is 0 Å². The number of rotatable bonds is 5. The quantitative estimate of drug-likeness (QED) is 0.813. The van der Waals surface area contributed by atoms with Gasteiger partial charge in [0.15, 0.2) is 0 Å². The molecule has 0 spiro atoms. The fourth-order valence-corrected chi connectivity index (χ4v) is 4.04. The van der Waals surface area contributed by atoms with Gasteiger partial charge in [-0.05, 0) is 72.9 Å². The van der Waals surface area contributed by atoms with Gasteiger partial charge in [-0.1, -0.05) is 29.9 Å². The molecule has 1 unspecified atom stereocenters. The number of aromatic nitrogens is 1. The molecule has 0 saturated heterocycles. The van der Waals surface area contributed by atoms with Crippen LogP contribution in [0.3, 0.4) is 0 Å². The number of fused-ring (bicyclic) bond motifs is 1. The van der Waals surface area contributed by atoms with Gasteiger partial charge in [-0.15, -0.1) is 0 Å². The van der Waals surface area contributed by atoms with Crippen LogP contribution >= 0.6 is 0 Å². The highest BCUT2D eigenvalue weighted by Gasteiger charge is 2.23. The highest BCUT2D eigenvalue weighted by molar-refractivity contribution is 5.89. The van der Waals surface area contributed by atoms with Gasteiger partial charge in [0.05, 0.1) is 12.2 Å². The summed E-state index contributed by atoms with van der Waals surface area (Å²) < 4.78 is 5.95. The van der Waals surface area contributed by atoms with E-state index in [1.54, 1.807) is 12.3 Å². The molecule has 4 heteroatoms. The average molecular weight is 361 g/mol. The van der Waals surface area contributed by atoms with E-state index >= 15 is 0 Å². The van der Waals surface area contributed by atoms with Crippen LogP contribution in [0.15, 0.2) is 54.4 Å². The zero-order valence-electron chi connectivity index (χ0n) is 15.4. The monoisotopic (exact) mass is 361 g/mol. The Bertz CT molecular complexity index is 942. The molecule has 138 valence electrons. The fraction of sp³-hybridized carbons (Fsp3) is 0.304. The number of pyridine rings is 1. The van der Waals surface area contributed by atoms with E-state index in [1.807, 2.05) is 0 Å². The van der Waals surface area contributed by atoms with Crippen LogP contribution in [0.25, 0.3) is 5.57 Å². The summed E-state index contributed by atoms with van der Waals surface area (Å²) in [5.74, 6) is 0.450. The maximum Gasteiger partial charge on any atom is 0.336 e. The Labute approximate surface area is 159 Å². The van der Waals surface area contributed by atoms with Gasteiger partial charge < -0.3 is 9.84 Å². The summed E-state index contributed by atoms with van der Waals surface area (Å²) >= 11 is 0. The predicted octanol–water partition coefficient (Wildman–Crippen LogP) is 5.01. The minimum Gasteiger partial charge on any atom is -0.493 e. The standard InChI is InChI=1S/C23H23NO3/c1-15-3-2-4-19(15)17-7-8-20-16(10-12-27-22(20)13-17)5-6-18-14-24-11-9-21(18)23(25)26/h2,4,7-9,11,13-14,16H,3,5-6,10,12H2,1H3,(H,25,26). The number of aryl methyl sites for hydroxylation is 1. The topological polar surface area (TPSA) is 59.4 Å². The molecule has 0 fully saturated rings. The smallest absolute Gasteiger partial charge is 0.336 e. The summed E-state index contributed by atoms with van der Waals surface area (Å²) in [4.78, 5) is 15.5. The molecule has 1 atom stereocenters. The van der Waals surface area contributed by atoms with Crippen LogP contribution in [0.1, 0.15) is 59.2 Å². The number of carbonyl (C=O) groups is 1. The third kappa shape index (κ3) is 3.52. The van der Waals surface area contributed by atoms with Gasteiger partial charge in [-0.25, -0.2) is 4.79 Å². The summed E-state index contributed by atoms with van der Waals surface area (Å²) in [5.41, 5.74) is 6.27. The molecule has 27 heavy (non-hydrogen) atoms. The van der Waals surface area contributed by atoms with Crippen molar-refractivity contribution in [3.8, 4) is 5.75 Å². The van der Waals surface area contributed by atoms with Crippen molar-refractivity contribution in [1.82, 2.24) is 4.98 Å². The van der Waals surface area contributed by atoms with Crippen molar-refractivity contribution in [2.75, 3.05) is 6.61 Å². The van der Waals surface area contributed by atoms with E-state index in [9.17, 15) is 9.90 Å². The molecule has 0 saturated carbocycles. The lowest BCUT2D eigenvalue weighted by molar-refractivity contribution is 0.0695. The number of aromatic carboxylic acids is 1. The number of nitrogens with zero attached hydrogens (tertiary/aromatic N) is 1. The molecule has 2 aliphatic rings. The number of carboxylic acid groups (broad SMARTS) is 1. The molecule has 4 nitrogen and oxygen atoms in total. The van der Waals surface area contributed by atoms with Crippen LogP contribution in [0.4, 0.5) is 0 Å². The van der Waals surface area contributed by atoms with Gasteiger partial charge in [0.25, 0.3) is 0 Å². The summed E-state index contributed by atoms with van der Waals surface area (Å²) in [6.45, 7) is 2.88. The van der Waals surface area contributed by atoms with Gasteiger partial charge in [-0.2, -0.15) is 0 Å². The van der Waals surface area contributed by atoms with Crippen molar-refractivity contribution in [1.29, 1.82) is 0 Å². The molecule has 2 aromatic rings. The van der Waals surface area contributed by atoms with Crippen molar-refractivity contribution in [2.24, 2.45) is 0 Å².